The zero-order valence-corrected chi connectivity index (χ0v) is 23.3. The molecule has 2 aliphatic carbocycles. The van der Waals surface area contributed by atoms with Crippen molar-refractivity contribution in [3.8, 4) is 11.7 Å². The average Bonchev–Trinajstić information content (AvgIpc) is 3.29. The third-order valence-electron chi connectivity index (χ3n) is 8.08. The van der Waals surface area contributed by atoms with E-state index in [1.807, 2.05) is 6.07 Å². The lowest BCUT2D eigenvalue weighted by Crippen LogP contribution is -2.32. The van der Waals surface area contributed by atoms with E-state index in [9.17, 15) is 13.2 Å². The maximum atomic E-state index is 13.4. The van der Waals surface area contributed by atoms with Gasteiger partial charge in [0.1, 0.15) is 0 Å². The summed E-state index contributed by atoms with van der Waals surface area (Å²) in [5.74, 6) is 0.854. The number of hydrogen-bond donors (Lipinski definition) is 1. The van der Waals surface area contributed by atoms with Gasteiger partial charge in [0.2, 0.25) is 5.88 Å². The molecule has 2 saturated carbocycles. The molecule has 3 aromatic rings. The molecule has 8 nitrogen and oxygen atoms in total. The Morgan fingerprint density at radius 3 is 2.50 bits per heavy atom. The lowest BCUT2D eigenvalue weighted by molar-refractivity contribution is 0.0978. The van der Waals surface area contributed by atoms with E-state index >= 15 is 0 Å². The van der Waals surface area contributed by atoms with Gasteiger partial charge in [0, 0.05) is 18.2 Å². The minimum Gasteiger partial charge on any atom is -0.477 e. The smallest absolute Gasteiger partial charge is 0.266 e. The van der Waals surface area contributed by atoms with E-state index < -0.39 is 15.9 Å². The summed E-state index contributed by atoms with van der Waals surface area (Å²) in [6.45, 7) is 9.45. The van der Waals surface area contributed by atoms with E-state index in [-0.39, 0.29) is 21.8 Å². The summed E-state index contributed by atoms with van der Waals surface area (Å²) in [6.07, 6.45) is 7.16. The molecule has 202 valence electrons. The highest BCUT2D eigenvalue weighted by atomic mass is 32.2. The summed E-state index contributed by atoms with van der Waals surface area (Å²) < 4.78 is 35.5. The fraction of sp³-hybridized carbons (Fsp3) is 0.483. The maximum absolute atomic E-state index is 13.4. The Bertz CT molecular complexity index is 1430. The first-order valence-corrected chi connectivity index (χ1v) is 14.8. The molecule has 9 heteroatoms. The second kappa shape index (κ2) is 9.84. The SMILES string of the molecule is CC1CC(c2nc(-n3ccc(OCCC4(C)CC4)n3)ccc2C(=O)NS(=O)(=O)c2ccccc2)C(C)(C)C1. The number of amides is 1. The van der Waals surface area contributed by atoms with E-state index in [0.717, 1.165) is 19.3 Å². The van der Waals surface area contributed by atoms with Crippen molar-refractivity contribution in [2.45, 2.75) is 70.6 Å². The Hall–Kier alpha value is -3.20. The van der Waals surface area contributed by atoms with Crippen LogP contribution in [0.4, 0.5) is 0 Å². The average molecular weight is 537 g/mol. The lowest BCUT2D eigenvalue weighted by atomic mass is 9.78. The van der Waals surface area contributed by atoms with Crippen molar-refractivity contribution >= 4 is 15.9 Å². The zero-order chi connectivity index (χ0) is 27.1. The molecule has 0 saturated heterocycles. The van der Waals surface area contributed by atoms with Gasteiger partial charge in [-0.1, -0.05) is 45.9 Å². The molecule has 5 rings (SSSR count). The highest BCUT2D eigenvalue weighted by molar-refractivity contribution is 7.90. The van der Waals surface area contributed by atoms with Crippen molar-refractivity contribution < 1.29 is 17.9 Å². The van der Waals surface area contributed by atoms with Gasteiger partial charge in [-0.15, -0.1) is 5.10 Å². The van der Waals surface area contributed by atoms with Crippen LogP contribution in [-0.2, 0) is 10.0 Å². The molecule has 2 fully saturated rings. The number of benzene rings is 1. The summed E-state index contributed by atoms with van der Waals surface area (Å²) in [4.78, 5) is 18.3. The largest absolute Gasteiger partial charge is 0.477 e. The van der Waals surface area contributed by atoms with Crippen LogP contribution in [-0.4, -0.2) is 35.7 Å². The number of nitrogens with zero attached hydrogens (tertiary/aromatic N) is 3. The van der Waals surface area contributed by atoms with Crippen LogP contribution in [0.5, 0.6) is 5.88 Å². The van der Waals surface area contributed by atoms with Crippen molar-refractivity contribution in [3.05, 3.63) is 66.0 Å². The number of rotatable bonds is 9. The first kappa shape index (κ1) is 26.4. The van der Waals surface area contributed by atoms with Gasteiger partial charge >= 0.3 is 0 Å². The van der Waals surface area contributed by atoms with E-state index in [1.165, 1.54) is 25.0 Å². The Labute approximate surface area is 224 Å². The second-order valence-electron chi connectivity index (χ2n) is 11.9. The van der Waals surface area contributed by atoms with Crippen LogP contribution in [0.25, 0.3) is 5.82 Å². The van der Waals surface area contributed by atoms with Crippen LogP contribution in [0.15, 0.2) is 59.6 Å². The van der Waals surface area contributed by atoms with E-state index in [4.69, 9.17) is 9.72 Å². The minimum atomic E-state index is -4.02. The Balaban J connectivity index is 1.44. The Morgan fingerprint density at radius 2 is 1.84 bits per heavy atom. The molecular weight excluding hydrogens is 500 g/mol. The first-order valence-electron chi connectivity index (χ1n) is 13.3. The molecule has 2 aromatic heterocycles. The number of pyridine rings is 1. The Morgan fingerprint density at radius 1 is 1.11 bits per heavy atom. The van der Waals surface area contributed by atoms with Crippen LogP contribution in [0, 0.1) is 16.7 Å². The minimum absolute atomic E-state index is 0.0109. The van der Waals surface area contributed by atoms with E-state index in [2.05, 4.69) is 37.5 Å². The van der Waals surface area contributed by atoms with Gasteiger partial charge in [-0.05, 0) is 73.1 Å². The summed E-state index contributed by atoms with van der Waals surface area (Å²) >= 11 is 0. The number of carbonyl (C=O) groups is 1. The molecule has 38 heavy (non-hydrogen) atoms. The van der Waals surface area contributed by atoms with Crippen LogP contribution < -0.4 is 9.46 Å². The fourth-order valence-corrected chi connectivity index (χ4v) is 6.58. The number of carbonyl (C=O) groups excluding carboxylic acids is 1. The van der Waals surface area contributed by atoms with Gasteiger partial charge in [-0.25, -0.2) is 22.8 Å². The second-order valence-corrected chi connectivity index (χ2v) is 13.6. The highest BCUT2D eigenvalue weighted by Crippen LogP contribution is 2.52. The van der Waals surface area contributed by atoms with Crippen molar-refractivity contribution in [1.82, 2.24) is 19.5 Å². The van der Waals surface area contributed by atoms with Crippen molar-refractivity contribution in [2.24, 2.45) is 16.7 Å². The van der Waals surface area contributed by atoms with Crippen LogP contribution in [0.1, 0.15) is 81.8 Å². The zero-order valence-electron chi connectivity index (χ0n) is 22.5. The van der Waals surface area contributed by atoms with Crippen LogP contribution in [0.2, 0.25) is 0 Å². The van der Waals surface area contributed by atoms with Crippen molar-refractivity contribution in [1.29, 1.82) is 0 Å². The fourth-order valence-electron chi connectivity index (χ4n) is 5.59. The lowest BCUT2D eigenvalue weighted by Gasteiger charge is -2.28. The predicted molar refractivity (Wildman–Crippen MR) is 145 cm³/mol. The van der Waals surface area contributed by atoms with Gasteiger partial charge in [0.15, 0.2) is 5.82 Å². The first-order chi connectivity index (χ1) is 18.0. The van der Waals surface area contributed by atoms with Crippen LogP contribution in [0.3, 0.4) is 0 Å². The molecule has 1 N–H and O–H groups in total. The molecule has 0 spiro atoms. The highest BCUT2D eigenvalue weighted by Gasteiger charge is 2.42. The standard InChI is InChI=1S/C29H36N4O4S/c1-20-18-23(28(2,3)19-20)26-22(27(34)32-38(35,36)21-8-6-5-7-9-21)10-11-24(30-26)33-16-12-25(31-33)37-17-15-29(4)13-14-29/h5-12,16,20,23H,13-15,17-19H2,1-4H3,(H,32,34). The molecule has 1 amide bonds. The van der Waals surface area contributed by atoms with Gasteiger partial charge in [0.25, 0.3) is 15.9 Å². The number of hydrogen-bond acceptors (Lipinski definition) is 6. The molecule has 0 radical (unpaired) electrons. The topological polar surface area (TPSA) is 103 Å². The normalized spacial score (nSPS) is 21.7. The summed E-state index contributed by atoms with van der Waals surface area (Å²) in [5.41, 5.74) is 1.17. The third-order valence-corrected chi connectivity index (χ3v) is 9.43. The van der Waals surface area contributed by atoms with Gasteiger partial charge in [-0.3, -0.25) is 4.79 Å². The molecule has 2 unspecified atom stereocenters. The van der Waals surface area contributed by atoms with Gasteiger partial charge in [-0.2, -0.15) is 0 Å². The van der Waals surface area contributed by atoms with Gasteiger partial charge < -0.3 is 4.74 Å². The Kier molecular flexibility index (Phi) is 6.84. The van der Waals surface area contributed by atoms with Gasteiger partial charge in [0.05, 0.1) is 22.8 Å². The third kappa shape index (κ3) is 5.62. The quantitative estimate of drug-likeness (QED) is 0.388. The van der Waals surface area contributed by atoms with Crippen LogP contribution >= 0.6 is 0 Å². The van der Waals surface area contributed by atoms with Crippen molar-refractivity contribution in [3.63, 3.8) is 0 Å². The maximum Gasteiger partial charge on any atom is 0.266 e. The molecule has 2 heterocycles. The number of aromatic nitrogens is 3. The molecule has 1 aromatic carbocycles. The van der Waals surface area contributed by atoms with E-state index in [0.29, 0.717) is 35.3 Å². The number of sulfonamides is 1. The predicted octanol–water partition coefficient (Wildman–Crippen LogP) is 5.49. The monoisotopic (exact) mass is 536 g/mol. The van der Waals surface area contributed by atoms with Crippen molar-refractivity contribution in [2.75, 3.05) is 6.61 Å². The summed E-state index contributed by atoms with van der Waals surface area (Å²) in [7, 11) is -4.02. The molecule has 0 aliphatic heterocycles. The molecule has 2 aliphatic rings. The number of nitrogens with one attached hydrogen (secondary N) is 1. The molecular formula is C29H36N4O4S. The summed E-state index contributed by atoms with van der Waals surface area (Å²) in [5, 5.41) is 4.55. The number of ether oxygens (including phenoxy) is 1. The molecule has 2 atom stereocenters. The summed E-state index contributed by atoms with van der Waals surface area (Å²) in [6, 6.07) is 13.1. The van der Waals surface area contributed by atoms with E-state index in [1.54, 1.807) is 41.2 Å². The molecule has 0 bridgehead atoms.